The van der Waals surface area contributed by atoms with E-state index in [2.05, 4.69) is 29.7 Å². The summed E-state index contributed by atoms with van der Waals surface area (Å²) in [5.74, 6) is -9.31. The van der Waals surface area contributed by atoms with Gasteiger partial charge in [0.05, 0.1) is 13.1 Å². The number of fused-ring (bicyclic) bond motifs is 10. The predicted molar refractivity (Wildman–Crippen MR) is 166 cm³/mol. The van der Waals surface area contributed by atoms with E-state index in [9.17, 15) is 35.1 Å². The Bertz CT molecular complexity index is 2830. The molecule has 4 bridgehead atoms. The van der Waals surface area contributed by atoms with Gasteiger partial charge in [0, 0.05) is 32.7 Å². The number of aromatic nitrogens is 2. The van der Waals surface area contributed by atoms with Crippen molar-refractivity contribution in [2.45, 2.75) is 0 Å². The van der Waals surface area contributed by atoms with Crippen LogP contribution in [0.1, 0.15) is 11.1 Å². The molecule has 0 amide bonds. The summed E-state index contributed by atoms with van der Waals surface area (Å²) in [7, 11) is 0. The second-order valence-corrected chi connectivity index (χ2v) is 11.2. The zero-order valence-corrected chi connectivity index (χ0v) is 24.9. The summed E-state index contributed by atoms with van der Waals surface area (Å²) in [5, 5.41) is 0.477. The smallest absolute Gasteiger partial charge is 0.319 e. The van der Waals surface area contributed by atoms with Crippen LogP contribution in [-0.4, -0.2) is 27.0 Å². The third-order valence-electron chi connectivity index (χ3n) is 8.07. The van der Waals surface area contributed by atoms with E-state index in [1.807, 2.05) is 0 Å². The van der Waals surface area contributed by atoms with Gasteiger partial charge in [-0.05, 0) is 48.5 Å². The standard InChI is InChI=1S/C24H6BClF6N6.C8H2F2N2/c26-25-37-21-9-3-15(29)17(31)5-11(9)23(37)36-24-12-6-18(32)16(30)4-10(12)22(38(24)25)35-20-8-2-14(28)13(27)1-7(8)19(33-20)34-21;1-11-7-3-5(9)6(10)4-8(7)12-2/h1-6H;3-4H. The Hall–Kier alpha value is -6.33. The molecule has 0 aliphatic carbocycles. The second kappa shape index (κ2) is 10.8. The SMILES string of the molecule is Fc1cc2c(cc1F)C1=Nc3c4cc(F)c(F)cc4c4n3B(Cl)n3c(c5cc(F)c(F)cc5c3=N4)=NC2=N1.[C-]#[N+]c1cc(F)c(F)cc1[N+]#[C-]. The van der Waals surface area contributed by atoms with Crippen LogP contribution in [0.2, 0.25) is 0 Å². The lowest BCUT2D eigenvalue weighted by Crippen LogP contribution is -2.44. The van der Waals surface area contributed by atoms with Crippen molar-refractivity contribution in [3.05, 3.63) is 140 Å². The molecule has 8 nitrogen and oxygen atoms in total. The van der Waals surface area contributed by atoms with Gasteiger partial charge in [0.15, 0.2) is 57.9 Å². The van der Waals surface area contributed by atoms with Gasteiger partial charge in [0.25, 0.3) is 0 Å². The van der Waals surface area contributed by atoms with Crippen molar-refractivity contribution < 1.29 is 35.1 Å². The molecule has 0 fully saturated rings. The highest BCUT2D eigenvalue weighted by Gasteiger charge is 2.36. The lowest BCUT2D eigenvalue weighted by Gasteiger charge is -2.18. The molecule has 3 aliphatic rings. The Labute approximate surface area is 277 Å². The second-order valence-electron chi connectivity index (χ2n) is 10.9. The molecule has 0 unspecified atom stereocenters. The summed E-state index contributed by atoms with van der Waals surface area (Å²) in [5.41, 5.74) is -0.0991. The molecule has 50 heavy (non-hydrogen) atoms. The summed E-state index contributed by atoms with van der Waals surface area (Å²) in [6, 6.07) is 6.90. The molecule has 5 heterocycles. The van der Waals surface area contributed by atoms with E-state index in [1.165, 1.54) is 8.96 Å². The number of rotatable bonds is 0. The van der Waals surface area contributed by atoms with E-state index in [1.54, 1.807) is 0 Å². The Morgan fingerprint density at radius 2 is 0.860 bits per heavy atom. The van der Waals surface area contributed by atoms with Crippen LogP contribution in [0.15, 0.2) is 68.5 Å². The number of nitrogens with zero attached hydrogens (tertiary/aromatic N) is 8. The Morgan fingerprint density at radius 1 is 0.480 bits per heavy atom. The van der Waals surface area contributed by atoms with Gasteiger partial charge in [0.1, 0.15) is 34.2 Å². The molecule has 0 atom stereocenters. The Kier molecular flexibility index (Phi) is 6.72. The molecular weight excluding hydrogens is 695 g/mol. The molecule has 3 aliphatic heterocycles. The average Bonchev–Trinajstić information content (AvgIpc) is 3.67. The monoisotopic (exact) mass is 702 g/mol. The molecule has 6 aromatic rings. The summed E-state index contributed by atoms with van der Waals surface area (Å²) in [6.07, 6.45) is -1.22. The van der Waals surface area contributed by atoms with Crippen molar-refractivity contribution in [2.75, 3.05) is 0 Å². The fourth-order valence-corrected chi connectivity index (χ4v) is 6.21. The van der Waals surface area contributed by atoms with Gasteiger partial charge in [-0.3, -0.25) is 0 Å². The maximum absolute atomic E-state index is 14.4. The first kappa shape index (κ1) is 31.0. The molecule has 0 spiro atoms. The van der Waals surface area contributed by atoms with Crippen molar-refractivity contribution in [2.24, 2.45) is 20.0 Å². The quantitative estimate of drug-likeness (QED) is 0.0880. The molecular formula is C32H8BClF8N8. The molecule has 0 N–H and O–H groups in total. The van der Waals surface area contributed by atoms with E-state index >= 15 is 0 Å². The first-order valence-corrected chi connectivity index (χ1v) is 14.4. The third kappa shape index (κ3) is 4.37. The highest BCUT2D eigenvalue weighted by molar-refractivity contribution is 7.05. The summed E-state index contributed by atoms with van der Waals surface area (Å²) < 4.78 is 114. The average molecular weight is 703 g/mol. The van der Waals surface area contributed by atoms with Gasteiger partial charge in [0.2, 0.25) is 0 Å². The van der Waals surface area contributed by atoms with Crippen LogP contribution in [0.5, 0.6) is 0 Å². The Balaban J connectivity index is 0.000000257. The lowest BCUT2D eigenvalue weighted by atomic mass is 10.1. The fourth-order valence-electron chi connectivity index (χ4n) is 5.84. The van der Waals surface area contributed by atoms with Crippen molar-refractivity contribution in [3.8, 4) is 0 Å². The molecule has 9 rings (SSSR count). The fraction of sp³-hybridized carbons (Fsp3) is 0. The third-order valence-corrected chi connectivity index (χ3v) is 8.46. The molecule has 4 aromatic carbocycles. The highest BCUT2D eigenvalue weighted by atomic mass is 35.5. The first-order valence-electron chi connectivity index (χ1n) is 13.9. The molecule has 0 radical (unpaired) electrons. The van der Waals surface area contributed by atoms with E-state index in [-0.39, 0.29) is 78.3 Å². The number of amidine groups is 2. The van der Waals surface area contributed by atoms with Crippen LogP contribution in [0.4, 0.5) is 58.1 Å². The minimum absolute atomic E-state index is 0.00181. The first-order chi connectivity index (χ1) is 23.9. The van der Waals surface area contributed by atoms with Gasteiger partial charge in [-0.1, -0.05) is 0 Å². The minimum Gasteiger partial charge on any atom is -0.319 e. The van der Waals surface area contributed by atoms with E-state index < -0.39 is 52.9 Å². The Morgan fingerprint density at radius 3 is 1.34 bits per heavy atom. The van der Waals surface area contributed by atoms with Gasteiger partial charge in [-0.2, -0.15) is 0 Å². The van der Waals surface area contributed by atoms with Crippen molar-refractivity contribution in [3.63, 3.8) is 0 Å². The topological polar surface area (TPSA) is 68.0 Å². The lowest BCUT2D eigenvalue weighted by molar-refractivity contribution is 0.508. The molecule has 0 saturated heterocycles. The molecule has 0 saturated carbocycles. The largest absolute Gasteiger partial charge is 0.499 e. The number of hydrogen-bond acceptors (Lipinski definition) is 4. The van der Waals surface area contributed by atoms with Crippen molar-refractivity contribution in [1.82, 2.24) is 8.96 Å². The number of aliphatic imine (C=N–C) groups is 2. The predicted octanol–water partition coefficient (Wildman–Crippen LogP) is 7.85. The van der Waals surface area contributed by atoms with E-state index in [4.69, 9.17) is 24.6 Å². The van der Waals surface area contributed by atoms with Crippen molar-refractivity contribution in [1.29, 1.82) is 0 Å². The summed E-state index contributed by atoms with van der Waals surface area (Å²) in [6.45, 7) is 13.1. The van der Waals surface area contributed by atoms with Crippen LogP contribution in [-0.2, 0) is 0 Å². The van der Waals surface area contributed by atoms with E-state index in [0.717, 1.165) is 48.5 Å². The molecule has 2 aromatic heterocycles. The van der Waals surface area contributed by atoms with Gasteiger partial charge in [-0.15, -0.1) is 11.5 Å². The van der Waals surface area contributed by atoms with E-state index in [0.29, 0.717) is 0 Å². The highest BCUT2D eigenvalue weighted by Crippen LogP contribution is 2.42. The number of benzene rings is 4. The van der Waals surface area contributed by atoms with Crippen LogP contribution in [0, 0.1) is 59.7 Å². The zero-order chi connectivity index (χ0) is 35.3. The minimum atomic E-state index is -1.22. The maximum atomic E-state index is 14.4. The van der Waals surface area contributed by atoms with Gasteiger partial charge in [-0.25, -0.2) is 64.8 Å². The summed E-state index contributed by atoms with van der Waals surface area (Å²) >= 11 is 6.91. The molecule has 18 heteroatoms. The van der Waals surface area contributed by atoms with Crippen molar-refractivity contribution >= 4 is 74.1 Å². The van der Waals surface area contributed by atoms with Gasteiger partial charge >= 0.3 is 6.40 Å². The summed E-state index contributed by atoms with van der Waals surface area (Å²) in [4.78, 5) is 23.7. The van der Waals surface area contributed by atoms with Crippen LogP contribution in [0.3, 0.4) is 0 Å². The maximum Gasteiger partial charge on any atom is 0.499 e. The van der Waals surface area contributed by atoms with Crippen LogP contribution >= 0.6 is 11.5 Å². The molecule has 242 valence electrons. The zero-order valence-electron chi connectivity index (χ0n) is 24.2. The number of hydrogen-bond donors (Lipinski definition) is 0. The number of halogens is 9. The van der Waals surface area contributed by atoms with Gasteiger partial charge < -0.3 is 8.96 Å². The van der Waals surface area contributed by atoms with Crippen LogP contribution < -0.4 is 11.0 Å². The normalized spacial score (nSPS) is 13.4. The van der Waals surface area contributed by atoms with Crippen LogP contribution in [0.25, 0.3) is 31.2 Å².